The molecule has 6 nitrogen and oxygen atoms in total. The van der Waals surface area contributed by atoms with E-state index in [2.05, 4.69) is 35.9 Å². The highest BCUT2D eigenvalue weighted by Gasteiger charge is 2.34. The van der Waals surface area contributed by atoms with Crippen molar-refractivity contribution in [1.82, 2.24) is 20.0 Å². The second-order valence-corrected chi connectivity index (χ2v) is 8.77. The summed E-state index contributed by atoms with van der Waals surface area (Å²) in [5, 5.41) is 18.2. The molecule has 3 rings (SSSR count). The van der Waals surface area contributed by atoms with Gasteiger partial charge in [-0.15, -0.1) is 0 Å². The maximum Gasteiger partial charge on any atom is 0.274 e. The molecule has 2 N–H and O–H groups in total. The first-order valence-electron chi connectivity index (χ1n) is 9.57. The molecule has 0 saturated carbocycles. The van der Waals surface area contributed by atoms with Crippen LogP contribution in [0.3, 0.4) is 0 Å². The molecule has 0 aliphatic carbocycles. The maximum absolute atomic E-state index is 12.8. The van der Waals surface area contributed by atoms with Crippen molar-refractivity contribution < 1.29 is 9.90 Å². The number of H-pyrrole nitrogens is 1. The van der Waals surface area contributed by atoms with Gasteiger partial charge in [-0.1, -0.05) is 20.8 Å². The summed E-state index contributed by atoms with van der Waals surface area (Å²) in [6, 6.07) is 1.86. The molecule has 2 aliphatic rings. The Balaban J connectivity index is 1.62. The molecular weight excluding hydrogens is 316 g/mol. The highest BCUT2D eigenvalue weighted by Crippen LogP contribution is 2.26. The lowest BCUT2D eigenvalue weighted by atomic mass is 9.92. The Hall–Kier alpha value is -1.40. The maximum atomic E-state index is 12.8. The van der Waals surface area contributed by atoms with Gasteiger partial charge in [0.1, 0.15) is 5.69 Å². The topological polar surface area (TPSA) is 72.5 Å². The van der Waals surface area contributed by atoms with Gasteiger partial charge in [0.15, 0.2) is 0 Å². The second kappa shape index (κ2) is 7.08. The van der Waals surface area contributed by atoms with E-state index in [1.54, 1.807) is 0 Å². The Morgan fingerprint density at radius 2 is 1.92 bits per heavy atom. The minimum atomic E-state index is -0.665. The summed E-state index contributed by atoms with van der Waals surface area (Å²) in [6.07, 6.45) is 4.71. The number of amides is 1. The molecule has 1 atom stereocenters. The van der Waals surface area contributed by atoms with Crippen molar-refractivity contribution >= 4 is 5.91 Å². The van der Waals surface area contributed by atoms with Crippen molar-refractivity contribution in [3.8, 4) is 0 Å². The van der Waals surface area contributed by atoms with Gasteiger partial charge in [0.25, 0.3) is 5.91 Å². The Morgan fingerprint density at radius 3 is 2.56 bits per heavy atom. The van der Waals surface area contributed by atoms with Crippen molar-refractivity contribution in [1.29, 1.82) is 0 Å². The van der Waals surface area contributed by atoms with Gasteiger partial charge in [0.05, 0.1) is 5.60 Å². The van der Waals surface area contributed by atoms with Crippen molar-refractivity contribution in [2.75, 3.05) is 32.7 Å². The number of aromatic amines is 1. The van der Waals surface area contributed by atoms with Crippen LogP contribution in [-0.2, 0) is 5.41 Å². The Kier molecular flexibility index (Phi) is 5.21. The Morgan fingerprint density at radius 1 is 1.20 bits per heavy atom. The van der Waals surface area contributed by atoms with E-state index < -0.39 is 5.60 Å². The molecule has 1 aromatic heterocycles. The summed E-state index contributed by atoms with van der Waals surface area (Å²) < 4.78 is 0. The zero-order chi connectivity index (χ0) is 18.1. The summed E-state index contributed by atoms with van der Waals surface area (Å²) in [5.74, 6) is -0.0304. The quantitative estimate of drug-likeness (QED) is 0.878. The first kappa shape index (κ1) is 18.4. The van der Waals surface area contributed by atoms with Crippen molar-refractivity contribution in [3.63, 3.8) is 0 Å². The zero-order valence-corrected chi connectivity index (χ0v) is 15.8. The van der Waals surface area contributed by atoms with Gasteiger partial charge in [-0.3, -0.25) is 9.89 Å². The fourth-order valence-corrected chi connectivity index (χ4v) is 3.87. The highest BCUT2D eigenvalue weighted by atomic mass is 16.3. The molecule has 0 radical (unpaired) electrons. The molecule has 0 bridgehead atoms. The summed E-state index contributed by atoms with van der Waals surface area (Å²) in [4.78, 5) is 17.0. The number of nitrogens with one attached hydrogen (secondary N) is 1. The average Bonchev–Trinajstić information content (AvgIpc) is 3.17. The van der Waals surface area contributed by atoms with Crippen molar-refractivity contribution in [2.24, 2.45) is 0 Å². The van der Waals surface area contributed by atoms with E-state index in [1.165, 1.54) is 12.8 Å². The van der Waals surface area contributed by atoms with Crippen LogP contribution < -0.4 is 0 Å². The van der Waals surface area contributed by atoms with Crippen LogP contribution in [0.25, 0.3) is 0 Å². The lowest BCUT2D eigenvalue weighted by Crippen LogP contribution is -2.43. The molecule has 0 spiro atoms. The normalized spacial score (nSPS) is 26.0. The van der Waals surface area contributed by atoms with Gasteiger partial charge in [-0.25, -0.2) is 0 Å². The number of carbonyl (C=O) groups excluding carboxylic acids is 1. The third-order valence-electron chi connectivity index (χ3n) is 5.53. The molecular formula is C19H32N4O2. The standard InChI is InChI=1S/C19H32N4O2/c1-18(2,3)16-13-15(20-21-16)17(24)23-11-6-7-19(25,8-12-23)14-22-9-4-5-10-22/h13,25H,4-12,14H2,1-3H3,(H,20,21)/t19-/m1/s1. The molecule has 2 aliphatic heterocycles. The van der Waals surface area contributed by atoms with Gasteiger partial charge in [-0.05, 0) is 51.3 Å². The molecule has 1 aromatic rings. The number of nitrogens with zero attached hydrogens (tertiary/aromatic N) is 3. The molecule has 140 valence electrons. The lowest BCUT2D eigenvalue weighted by Gasteiger charge is -2.31. The van der Waals surface area contributed by atoms with E-state index in [-0.39, 0.29) is 11.3 Å². The third kappa shape index (κ3) is 4.42. The minimum absolute atomic E-state index is 0.0304. The molecule has 0 unspecified atom stereocenters. The number of likely N-dealkylation sites (tertiary alicyclic amines) is 2. The van der Waals surface area contributed by atoms with E-state index in [9.17, 15) is 9.90 Å². The predicted molar refractivity (Wildman–Crippen MR) is 97.7 cm³/mol. The van der Waals surface area contributed by atoms with Crippen LogP contribution >= 0.6 is 0 Å². The Bertz CT molecular complexity index is 601. The fourth-order valence-electron chi connectivity index (χ4n) is 3.87. The number of β-amino-alcohol motifs (C(OH)–C–C–N with tert-alkyl or cyclic N) is 1. The second-order valence-electron chi connectivity index (χ2n) is 8.77. The van der Waals surface area contributed by atoms with Crippen LogP contribution in [0.15, 0.2) is 6.07 Å². The first-order chi connectivity index (χ1) is 11.8. The van der Waals surface area contributed by atoms with Gasteiger partial charge in [0.2, 0.25) is 0 Å². The number of carbonyl (C=O) groups is 1. The molecule has 2 saturated heterocycles. The van der Waals surface area contributed by atoms with E-state index in [0.29, 0.717) is 25.2 Å². The molecule has 0 aromatic carbocycles. The predicted octanol–water partition coefficient (Wildman–Crippen LogP) is 2.16. The van der Waals surface area contributed by atoms with Crippen LogP contribution in [0.1, 0.15) is 69.1 Å². The summed E-state index contributed by atoms with van der Waals surface area (Å²) in [7, 11) is 0. The third-order valence-corrected chi connectivity index (χ3v) is 5.53. The van der Waals surface area contributed by atoms with E-state index in [0.717, 1.165) is 38.2 Å². The summed E-state index contributed by atoms with van der Waals surface area (Å²) >= 11 is 0. The smallest absolute Gasteiger partial charge is 0.274 e. The number of rotatable bonds is 3. The van der Waals surface area contributed by atoms with Crippen molar-refractivity contribution in [2.45, 2.75) is 63.9 Å². The highest BCUT2D eigenvalue weighted by molar-refractivity contribution is 5.92. The van der Waals surface area contributed by atoms with Crippen LogP contribution in [0.4, 0.5) is 0 Å². The van der Waals surface area contributed by atoms with Gasteiger partial charge < -0.3 is 14.9 Å². The minimum Gasteiger partial charge on any atom is -0.388 e. The van der Waals surface area contributed by atoms with Crippen LogP contribution in [0.2, 0.25) is 0 Å². The number of hydrogen-bond acceptors (Lipinski definition) is 4. The molecule has 2 fully saturated rings. The molecule has 25 heavy (non-hydrogen) atoms. The van der Waals surface area contributed by atoms with Gasteiger partial charge >= 0.3 is 0 Å². The van der Waals surface area contributed by atoms with Crippen LogP contribution in [-0.4, -0.2) is 69.3 Å². The number of aliphatic hydroxyl groups is 1. The summed E-state index contributed by atoms with van der Waals surface area (Å²) in [5.41, 5.74) is 0.730. The molecule has 1 amide bonds. The van der Waals surface area contributed by atoms with Gasteiger partial charge in [0, 0.05) is 30.7 Å². The molecule has 6 heteroatoms. The van der Waals surface area contributed by atoms with Crippen LogP contribution in [0, 0.1) is 0 Å². The SMILES string of the molecule is CC(C)(C)c1cc(C(=O)N2CCC[C@](O)(CN3CCCC3)CC2)n[nH]1. The zero-order valence-electron chi connectivity index (χ0n) is 15.8. The molecule has 3 heterocycles. The summed E-state index contributed by atoms with van der Waals surface area (Å²) in [6.45, 7) is 10.5. The van der Waals surface area contributed by atoms with E-state index >= 15 is 0 Å². The van der Waals surface area contributed by atoms with Crippen molar-refractivity contribution in [3.05, 3.63) is 17.5 Å². The van der Waals surface area contributed by atoms with Crippen LogP contribution in [0.5, 0.6) is 0 Å². The number of hydrogen-bond donors (Lipinski definition) is 2. The lowest BCUT2D eigenvalue weighted by molar-refractivity contribution is -0.00291. The fraction of sp³-hybridized carbons (Fsp3) is 0.789. The first-order valence-corrected chi connectivity index (χ1v) is 9.57. The van der Waals surface area contributed by atoms with E-state index in [4.69, 9.17) is 0 Å². The average molecular weight is 348 g/mol. The van der Waals surface area contributed by atoms with E-state index in [1.807, 2.05) is 11.0 Å². The number of aromatic nitrogens is 2. The Labute approximate surface area is 150 Å². The monoisotopic (exact) mass is 348 g/mol. The van der Waals surface area contributed by atoms with Gasteiger partial charge in [-0.2, -0.15) is 5.10 Å². The largest absolute Gasteiger partial charge is 0.388 e.